The van der Waals surface area contributed by atoms with Crippen LogP contribution in [0.2, 0.25) is 0 Å². The molecule has 0 spiro atoms. The van der Waals surface area contributed by atoms with Crippen molar-refractivity contribution in [3.8, 4) is 5.75 Å². The van der Waals surface area contributed by atoms with Crippen molar-refractivity contribution < 1.29 is 9.53 Å². The lowest BCUT2D eigenvalue weighted by molar-refractivity contribution is -0.116. The first-order valence-corrected chi connectivity index (χ1v) is 8.57. The predicted molar refractivity (Wildman–Crippen MR) is 103 cm³/mol. The molecule has 2 aromatic rings. The lowest BCUT2D eigenvalue weighted by atomic mass is 10.0. The number of ether oxygens (including phenoxy) is 1. The molecule has 25 heavy (non-hydrogen) atoms. The quantitative estimate of drug-likeness (QED) is 0.784. The van der Waals surface area contributed by atoms with E-state index in [9.17, 15) is 4.79 Å². The van der Waals surface area contributed by atoms with Crippen molar-refractivity contribution in [2.45, 2.75) is 25.9 Å². The molecule has 0 bridgehead atoms. The standard InChI is InChI=1S/C20H24N2O2.ClH/c23-20(11-6-16-12-13-21-14-16)22-18-7-9-19(10-8-18)24-15-17-4-2-1-3-5-17;/h1-5,7-10,16,21H,6,11-15H2,(H,22,23);1H. The van der Waals surface area contributed by atoms with Crippen molar-refractivity contribution in [2.75, 3.05) is 18.4 Å². The summed E-state index contributed by atoms with van der Waals surface area (Å²) in [7, 11) is 0. The average Bonchev–Trinajstić information content (AvgIpc) is 3.14. The second-order valence-corrected chi connectivity index (χ2v) is 6.24. The lowest BCUT2D eigenvalue weighted by Crippen LogP contribution is -2.14. The Bertz CT molecular complexity index is 641. The molecule has 1 unspecified atom stereocenters. The number of carbonyl (C=O) groups excluding carboxylic acids is 1. The summed E-state index contributed by atoms with van der Waals surface area (Å²) in [5.74, 6) is 1.53. The number of anilines is 1. The van der Waals surface area contributed by atoms with E-state index in [4.69, 9.17) is 4.74 Å². The van der Waals surface area contributed by atoms with Crippen molar-refractivity contribution in [2.24, 2.45) is 5.92 Å². The van der Waals surface area contributed by atoms with Crippen molar-refractivity contribution in [1.82, 2.24) is 5.32 Å². The Morgan fingerprint density at radius 2 is 1.88 bits per heavy atom. The summed E-state index contributed by atoms with van der Waals surface area (Å²) >= 11 is 0. The maximum atomic E-state index is 12.0. The first-order valence-electron chi connectivity index (χ1n) is 8.57. The predicted octanol–water partition coefficient (Wildman–Crippen LogP) is 4.02. The summed E-state index contributed by atoms with van der Waals surface area (Å²) in [6.45, 7) is 2.67. The first kappa shape index (κ1) is 19.3. The van der Waals surface area contributed by atoms with Crippen LogP contribution in [0.5, 0.6) is 5.75 Å². The highest BCUT2D eigenvalue weighted by atomic mass is 35.5. The molecule has 2 N–H and O–H groups in total. The number of hydrogen-bond donors (Lipinski definition) is 2. The van der Waals surface area contributed by atoms with Gasteiger partial charge in [-0.25, -0.2) is 0 Å². The highest BCUT2D eigenvalue weighted by Crippen LogP contribution is 2.18. The van der Waals surface area contributed by atoms with Gasteiger partial charge in [0.1, 0.15) is 12.4 Å². The Morgan fingerprint density at radius 3 is 2.56 bits per heavy atom. The van der Waals surface area contributed by atoms with Gasteiger partial charge in [-0.15, -0.1) is 12.4 Å². The summed E-state index contributed by atoms with van der Waals surface area (Å²) in [5, 5.41) is 6.28. The summed E-state index contributed by atoms with van der Waals surface area (Å²) in [6, 6.07) is 17.6. The molecule has 3 rings (SSSR count). The molecular weight excluding hydrogens is 336 g/mol. The van der Waals surface area contributed by atoms with Crippen LogP contribution in [0.4, 0.5) is 5.69 Å². The van der Waals surface area contributed by atoms with E-state index < -0.39 is 0 Å². The van der Waals surface area contributed by atoms with Crippen molar-refractivity contribution in [3.05, 3.63) is 60.2 Å². The second kappa shape index (κ2) is 10.1. The van der Waals surface area contributed by atoms with Crippen LogP contribution >= 0.6 is 12.4 Å². The lowest BCUT2D eigenvalue weighted by Gasteiger charge is -2.10. The third kappa shape index (κ3) is 6.40. The van der Waals surface area contributed by atoms with Gasteiger partial charge in [0, 0.05) is 12.1 Å². The normalized spacial score (nSPS) is 16.1. The van der Waals surface area contributed by atoms with Gasteiger partial charge in [0.15, 0.2) is 0 Å². The summed E-state index contributed by atoms with van der Waals surface area (Å²) in [5.41, 5.74) is 1.95. The molecule has 1 aliphatic heterocycles. The van der Waals surface area contributed by atoms with E-state index in [1.54, 1.807) is 0 Å². The third-order valence-electron chi connectivity index (χ3n) is 4.33. The molecule has 0 aliphatic carbocycles. The van der Waals surface area contributed by atoms with E-state index in [0.717, 1.165) is 36.5 Å². The van der Waals surface area contributed by atoms with Gasteiger partial charge in [-0.2, -0.15) is 0 Å². The second-order valence-electron chi connectivity index (χ2n) is 6.24. The molecule has 1 aliphatic rings. The number of carbonyl (C=O) groups is 1. The Hall–Kier alpha value is -2.04. The molecule has 134 valence electrons. The molecular formula is C20H25ClN2O2. The van der Waals surface area contributed by atoms with Crippen molar-refractivity contribution >= 4 is 24.0 Å². The van der Waals surface area contributed by atoms with Crippen LogP contribution in [-0.4, -0.2) is 19.0 Å². The molecule has 1 saturated heterocycles. The van der Waals surface area contributed by atoms with E-state index in [-0.39, 0.29) is 18.3 Å². The zero-order valence-electron chi connectivity index (χ0n) is 14.2. The SMILES string of the molecule is Cl.O=C(CCC1CCNC1)Nc1ccc(OCc2ccccc2)cc1. The van der Waals surface area contributed by atoms with Gasteiger partial charge in [0.05, 0.1) is 0 Å². The highest BCUT2D eigenvalue weighted by Gasteiger charge is 2.15. The van der Waals surface area contributed by atoms with Crippen LogP contribution < -0.4 is 15.4 Å². The van der Waals surface area contributed by atoms with Gasteiger partial charge >= 0.3 is 0 Å². The highest BCUT2D eigenvalue weighted by molar-refractivity contribution is 5.90. The fraction of sp³-hybridized carbons (Fsp3) is 0.350. The fourth-order valence-electron chi connectivity index (χ4n) is 2.89. The maximum Gasteiger partial charge on any atom is 0.224 e. The van der Waals surface area contributed by atoms with Crippen LogP contribution in [0.3, 0.4) is 0 Å². The minimum Gasteiger partial charge on any atom is -0.489 e. The maximum absolute atomic E-state index is 12.0. The van der Waals surface area contributed by atoms with Crippen molar-refractivity contribution in [1.29, 1.82) is 0 Å². The number of rotatable bonds is 7. The van der Waals surface area contributed by atoms with Crippen LogP contribution in [0, 0.1) is 5.92 Å². The monoisotopic (exact) mass is 360 g/mol. The molecule has 1 heterocycles. The fourth-order valence-corrected chi connectivity index (χ4v) is 2.89. The minimum atomic E-state index is 0. The Kier molecular flexibility index (Phi) is 7.76. The summed E-state index contributed by atoms with van der Waals surface area (Å²) in [4.78, 5) is 12.0. The van der Waals surface area contributed by atoms with E-state index in [0.29, 0.717) is 18.9 Å². The third-order valence-corrected chi connectivity index (χ3v) is 4.33. The van der Waals surface area contributed by atoms with Gasteiger partial charge in [0.2, 0.25) is 5.91 Å². The number of benzene rings is 2. The van der Waals surface area contributed by atoms with Crippen molar-refractivity contribution in [3.63, 3.8) is 0 Å². The molecule has 0 radical (unpaired) electrons. The first-order chi connectivity index (χ1) is 11.8. The van der Waals surface area contributed by atoms with E-state index >= 15 is 0 Å². The Balaban J connectivity index is 0.00000225. The number of nitrogens with one attached hydrogen (secondary N) is 2. The molecule has 0 saturated carbocycles. The average molecular weight is 361 g/mol. The number of amides is 1. The van der Waals surface area contributed by atoms with Gasteiger partial charge < -0.3 is 15.4 Å². The van der Waals surface area contributed by atoms with Crippen LogP contribution in [0.25, 0.3) is 0 Å². The Morgan fingerprint density at radius 1 is 1.12 bits per heavy atom. The summed E-state index contributed by atoms with van der Waals surface area (Å²) in [6.07, 6.45) is 2.72. The molecule has 1 fully saturated rings. The van der Waals surface area contributed by atoms with E-state index in [1.165, 1.54) is 6.42 Å². The molecule has 1 amide bonds. The van der Waals surface area contributed by atoms with Gasteiger partial charge in [0.25, 0.3) is 0 Å². The molecule has 1 atom stereocenters. The molecule has 5 heteroatoms. The van der Waals surface area contributed by atoms with Crippen LogP contribution in [0.1, 0.15) is 24.8 Å². The van der Waals surface area contributed by atoms with Gasteiger partial charge in [-0.3, -0.25) is 4.79 Å². The Labute approximate surface area is 155 Å². The molecule has 0 aromatic heterocycles. The zero-order valence-corrected chi connectivity index (χ0v) is 15.1. The topological polar surface area (TPSA) is 50.4 Å². The van der Waals surface area contributed by atoms with Crippen LogP contribution in [0.15, 0.2) is 54.6 Å². The smallest absolute Gasteiger partial charge is 0.224 e. The largest absolute Gasteiger partial charge is 0.489 e. The minimum absolute atomic E-state index is 0. The molecule has 2 aromatic carbocycles. The van der Waals surface area contributed by atoms with E-state index in [1.807, 2.05) is 54.6 Å². The van der Waals surface area contributed by atoms with Crippen LogP contribution in [-0.2, 0) is 11.4 Å². The van der Waals surface area contributed by atoms with Gasteiger partial charge in [-0.1, -0.05) is 30.3 Å². The summed E-state index contributed by atoms with van der Waals surface area (Å²) < 4.78 is 5.75. The van der Waals surface area contributed by atoms with E-state index in [2.05, 4.69) is 10.6 Å². The molecule has 4 nitrogen and oxygen atoms in total. The number of hydrogen-bond acceptors (Lipinski definition) is 3. The van der Waals surface area contributed by atoms with Gasteiger partial charge in [-0.05, 0) is 61.7 Å². The zero-order chi connectivity index (χ0) is 16.6. The number of halogens is 1.